The van der Waals surface area contributed by atoms with Crippen molar-refractivity contribution in [1.82, 2.24) is 4.98 Å². The molecule has 2 aromatic carbocycles. The molecule has 3 rings (SSSR count). The van der Waals surface area contributed by atoms with E-state index < -0.39 is 0 Å². The number of carbonyl (C=O) groups excluding carboxylic acids is 1. The fourth-order valence-electron chi connectivity index (χ4n) is 2.56. The summed E-state index contributed by atoms with van der Waals surface area (Å²) in [5, 5.41) is 0.678. The molecule has 142 valence electrons. The van der Waals surface area contributed by atoms with E-state index in [4.69, 9.17) is 9.47 Å². The zero-order valence-corrected chi connectivity index (χ0v) is 15.9. The summed E-state index contributed by atoms with van der Waals surface area (Å²) in [5.41, 5.74) is 0.882. The number of halogens is 1. The van der Waals surface area contributed by atoms with Crippen LogP contribution in [-0.4, -0.2) is 37.8 Å². The van der Waals surface area contributed by atoms with E-state index in [0.29, 0.717) is 43.5 Å². The van der Waals surface area contributed by atoms with Crippen LogP contribution in [0.2, 0.25) is 0 Å². The van der Waals surface area contributed by atoms with Crippen LogP contribution in [0.15, 0.2) is 48.5 Å². The molecule has 1 heterocycles. The molecule has 3 aromatic rings. The predicted octanol–water partition coefficient (Wildman–Crippen LogP) is 4.27. The molecule has 1 aromatic heterocycles. The highest BCUT2D eigenvalue weighted by molar-refractivity contribution is 7.22. The van der Waals surface area contributed by atoms with Crippen LogP contribution >= 0.6 is 11.3 Å². The summed E-state index contributed by atoms with van der Waals surface area (Å²) >= 11 is 1.49. The quantitative estimate of drug-likeness (QED) is 0.514. The zero-order chi connectivity index (χ0) is 19.1. The lowest BCUT2D eigenvalue weighted by Crippen LogP contribution is -2.33. The molecular formula is C20H21FN2O3S. The van der Waals surface area contributed by atoms with Gasteiger partial charge in [0.25, 0.3) is 0 Å². The normalized spacial score (nSPS) is 10.9. The Bertz CT molecular complexity index is 849. The Hall–Kier alpha value is -2.51. The molecule has 0 atom stereocenters. The largest absolute Gasteiger partial charge is 0.494 e. The predicted molar refractivity (Wildman–Crippen MR) is 105 cm³/mol. The summed E-state index contributed by atoms with van der Waals surface area (Å²) in [7, 11) is 1.61. The average Bonchev–Trinajstić information content (AvgIpc) is 3.10. The molecule has 0 N–H and O–H groups in total. The highest BCUT2D eigenvalue weighted by Gasteiger charge is 2.19. The van der Waals surface area contributed by atoms with Crippen LogP contribution in [0, 0.1) is 5.82 Å². The lowest BCUT2D eigenvalue weighted by atomic mass is 10.3. The Morgan fingerprint density at radius 1 is 1.15 bits per heavy atom. The van der Waals surface area contributed by atoms with Crippen molar-refractivity contribution in [3.63, 3.8) is 0 Å². The van der Waals surface area contributed by atoms with E-state index in [2.05, 4.69) is 4.98 Å². The Morgan fingerprint density at radius 2 is 1.93 bits per heavy atom. The minimum Gasteiger partial charge on any atom is -0.494 e. The number of nitrogens with zero attached hydrogens (tertiary/aromatic N) is 2. The van der Waals surface area contributed by atoms with Crippen LogP contribution < -0.4 is 9.64 Å². The van der Waals surface area contributed by atoms with Gasteiger partial charge in [-0.2, -0.15) is 0 Å². The van der Waals surface area contributed by atoms with Crippen molar-refractivity contribution in [2.45, 2.75) is 12.8 Å². The minimum atomic E-state index is -0.304. The second-order valence-corrected chi connectivity index (χ2v) is 6.92. The third kappa shape index (κ3) is 5.24. The van der Waals surface area contributed by atoms with Gasteiger partial charge in [-0.25, -0.2) is 9.37 Å². The van der Waals surface area contributed by atoms with Gasteiger partial charge in [-0.1, -0.05) is 23.5 Å². The number of anilines is 1. The maximum absolute atomic E-state index is 12.9. The first-order valence-electron chi connectivity index (χ1n) is 8.70. The first-order valence-corrected chi connectivity index (χ1v) is 9.52. The van der Waals surface area contributed by atoms with Gasteiger partial charge in [0.2, 0.25) is 5.91 Å². The van der Waals surface area contributed by atoms with Crippen molar-refractivity contribution in [3.8, 4) is 5.75 Å². The van der Waals surface area contributed by atoms with Gasteiger partial charge in [0, 0.05) is 13.5 Å². The minimum absolute atomic E-state index is 0.0196. The summed E-state index contributed by atoms with van der Waals surface area (Å²) in [6, 6.07) is 13.7. The van der Waals surface area contributed by atoms with Crippen LogP contribution in [0.3, 0.4) is 0 Å². The molecule has 0 aliphatic rings. The van der Waals surface area contributed by atoms with Crippen molar-refractivity contribution < 1.29 is 18.7 Å². The maximum atomic E-state index is 12.9. The summed E-state index contributed by atoms with van der Waals surface area (Å²) in [6.07, 6.45) is 0.894. The number of amides is 1. The number of aromatic nitrogens is 1. The molecule has 5 nitrogen and oxygen atoms in total. The fourth-order valence-corrected chi connectivity index (χ4v) is 3.57. The molecule has 7 heteroatoms. The highest BCUT2D eigenvalue weighted by atomic mass is 32.1. The van der Waals surface area contributed by atoms with E-state index in [9.17, 15) is 9.18 Å². The second kappa shape index (κ2) is 9.43. The highest BCUT2D eigenvalue weighted by Crippen LogP contribution is 2.29. The van der Waals surface area contributed by atoms with Gasteiger partial charge in [0.15, 0.2) is 5.13 Å². The number of hydrogen-bond acceptors (Lipinski definition) is 5. The van der Waals surface area contributed by atoms with Gasteiger partial charge >= 0.3 is 0 Å². The molecule has 0 aliphatic heterocycles. The van der Waals surface area contributed by atoms with Crippen LogP contribution in [0.4, 0.5) is 9.52 Å². The second-order valence-electron chi connectivity index (χ2n) is 5.91. The van der Waals surface area contributed by atoms with Gasteiger partial charge in [-0.3, -0.25) is 9.69 Å². The number of ether oxygens (including phenoxy) is 2. The molecule has 0 aliphatic carbocycles. The first kappa shape index (κ1) is 19.3. The van der Waals surface area contributed by atoms with Crippen molar-refractivity contribution in [1.29, 1.82) is 0 Å². The lowest BCUT2D eigenvalue weighted by Gasteiger charge is -2.19. The Morgan fingerprint density at radius 3 is 2.67 bits per heavy atom. The van der Waals surface area contributed by atoms with Crippen LogP contribution in [0.1, 0.15) is 12.8 Å². The Labute approximate surface area is 161 Å². The topological polar surface area (TPSA) is 51.7 Å². The number of hydrogen-bond donors (Lipinski definition) is 0. The number of fused-ring (bicyclic) bond motifs is 1. The van der Waals surface area contributed by atoms with Gasteiger partial charge in [0.05, 0.1) is 30.0 Å². The number of para-hydroxylation sites is 1. The molecule has 1 amide bonds. The van der Waals surface area contributed by atoms with Crippen LogP contribution in [0.25, 0.3) is 10.2 Å². The number of methoxy groups -OCH3 is 1. The molecular weight excluding hydrogens is 367 g/mol. The van der Waals surface area contributed by atoms with E-state index in [-0.39, 0.29) is 11.7 Å². The van der Waals surface area contributed by atoms with Crippen molar-refractivity contribution in [2.24, 2.45) is 0 Å². The average molecular weight is 388 g/mol. The molecule has 0 fully saturated rings. The molecule has 0 unspecified atom stereocenters. The van der Waals surface area contributed by atoms with Gasteiger partial charge < -0.3 is 9.47 Å². The van der Waals surface area contributed by atoms with Crippen LogP contribution in [-0.2, 0) is 9.53 Å². The first-order chi connectivity index (χ1) is 13.2. The summed E-state index contributed by atoms with van der Waals surface area (Å²) in [5.74, 6) is 0.266. The fraction of sp³-hybridized carbons (Fsp3) is 0.300. The Balaban J connectivity index is 1.58. The number of rotatable bonds is 9. The standard InChI is InChI=1S/C20H21FN2O3S/c1-25-14-12-23(20-22-17-5-2-3-6-18(17)27-20)19(24)7-4-13-26-16-10-8-15(21)9-11-16/h2-3,5-6,8-11H,4,7,12-14H2,1H3. The third-order valence-corrected chi connectivity index (χ3v) is 5.01. The lowest BCUT2D eigenvalue weighted by molar-refractivity contribution is -0.119. The van der Waals surface area contributed by atoms with E-state index in [0.717, 1.165) is 10.2 Å². The molecule has 0 saturated heterocycles. The monoisotopic (exact) mass is 388 g/mol. The van der Waals surface area contributed by atoms with Gasteiger partial charge in [-0.05, 0) is 42.8 Å². The molecule has 0 saturated carbocycles. The van der Waals surface area contributed by atoms with E-state index in [1.165, 1.54) is 23.5 Å². The van der Waals surface area contributed by atoms with Crippen molar-refractivity contribution >= 4 is 32.6 Å². The number of benzene rings is 2. The SMILES string of the molecule is COCCN(C(=O)CCCOc1ccc(F)cc1)c1nc2ccccc2s1. The van der Waals surface area contributed by atoms with Gasteiger partial charge in [-0.15, -0.1) is 0 Å². The molecule has 0 spiro atoms. The smallest absolute Gasteiger partial charge is 0.228 e. The number of thiazole rings is 1. The van der Waals surface area contributed by atoms with E-state index in [1.807, 2.05) is 24.3 Å². The Kier molecular flexibility index (Phi) is 6.73. The van der Waals surface area contributed by atoms with E-state index in [1.54, 1.807) is 24.1 Å². The van der Waals surface area contributed by atoms with Crippen molar-refractivity contribution in [3.05, 3.63) is 54.3 Å². The van der Waals surface area contributed by atoms with Gasteiger partial charge in [0.1, 0.15) is 11.6 Å². The molecule has 0 bridgehead atoms. The van der Waals surface area contributed by atoms with Crippen LogP contribution in [0.5, 0.6) is 5.75 Å². The molecule has 27 heavy (non-hydrogen) atoms. The summed E-state index contributed by atoms with van der Waals surface area (Å²) in [6.45, 7) is 1.27. The summed E-state index contributed by atoms with van der Waals surface area (Å²) in [4.78, 5) is 19.0. The zero-order valence-electron chi connectivity index (χ0n) is 15.1. The third-order valence-electron chi connectivity index (χ3n) is 3.95. The maximum Gasteiger partial charge on any atom is 0.228 e. The number of carbonyl (C=O) groups is 1. The van der Waals surface area contributed by atoms with Crippen molar-refractivity contribution in [2.75, 3.05) is 31.8 Å². The molecule has 0 radical (unpaired) electrons. The van der Waals surface area contributed by atoms with E-state index >= 15 is 0 Å². The summed E-state index contributed by atoms with van der Waals surface area (Å²) < 4.78 is 24.6.